The molecule has 1 aliphatic heterocycles. The maximum atomic E-state index is 6.39. The molecule has 1 aliphatic rings. The van der Waals surface area contributed by atoms with Crippen molar-refractivity contribution in [1.29, 1.82) is 0 Å². The van der Waals surface area contributed by atoms with Gasteiger partial charge in [0.1, 0.15) is 5.75 Å². The minimum Gasteiger partial charge on any atom is -0.495 e. The molecule has 0 aliphatic carbocycles. The van der Waals surface area contributed by atoms with Crippen LogP contribution in [0.4, 0.5) is 5.69 Å². The monoisotopic (exact) mass is 502 g/mol. The lowest BCUT2D eigenvalue weighted by Gasteiger charge is -2.28. The molecule has 1 fully saturated rings. The number of aromatic nitrogens is 2. The van der Waals surface area contributed by atoms with Crippen molar-refractivity contribution in [3.63, 3.8) is 0 Å². The first-order valence-corrected chi connectivity index (χ1v) is 12.3. The lowest BCUT2D eigenvalue weighted by molar-refractivity contribution is 0.412. The van der Waals surface area contributed by atoms with Gasteiger partial charge in [-0.25, -0.2) is 0 Å². The number of benzene rings is 2. The molecule has 4 aromatic rings. The summed E-state index contributed by atoms with van der Waals surface area (Å²) in [7, 11) is 1.68. The number of aryl methyl sites for hydroxylation is 2. The van der Waals surface area contributed by atoms with Crippen molar-refractivity contribution in [1.82, 2.24) is 14.9 Å². The highest BCUT2D eigenvalue weighted by molar-refractivity contribution is 7.80. The van der Waals surface area contributed by atoms with Crippen LogP contribution in [0.25, 0.3) is 5.69 Å². The van der Waals surface area contributed by atoms with Crippen LogP contribution in [0.2, 0.25) is 5.02 Å². The number of thiocarbonyl (C=S) groups is 1. The zero-order valence-electron chi connectivity index (χ0n) is 20.1. The summed E-state index contributed by atoms with van der Waals surface area (Å²) in [5, 5.41) is 4.89. The highest BCUT2D eigenvalue weighted by Crippen LogP contribution is 2.44. The molecule has 0 unspecified atom stereocenters. The minimum absolute atomic E-state index is 0.0932. The van der Waals surface area contributed by atoms with E-state index >= 15 is 0 Å². The normalized spacial score (nSPS) is 17.5. The minimum atomic E-state index is -0.112. The van der Waals surface area contributed by atoms with E-state index in [0.717, 1.165) is 39.8 Å². The summed E-state index contributed by atoms with van der Waals surface area (Å²) < 4.78 is 7.88. The molecule has 2 atom stereocenters. The highest BCUT2D eigenvalue weighted by Gasteiger charge is 2.42. The van der Waals surface area contributed by atoms with E-state index in [1.807, 2.05) is 42.6 Å². The molecule has 1 saturated heterocycles. The molecule has 2 aromatic carbocycles. The smallest absolute Gasteiger partial charge is 0.174 e. The van der Waals surface area contributed by atoms with Gasteiger partial charge >= 0.3 is 0 Å². The van der Waals surface area contributed by atoms with Gasteiger partial charge in [0.25, 0.3) is 0 Å². The van der Waals surface area contributed by atoms with Crippen molar-refractivity contribution in [2.45, 2.75) is 32.9 Å². The number of rotatable bonds is 5. The number of nitrogens with one attached hydrogen (secondary N) is 1. The Morgan fingerprint density at radius 2 is 1.83 bits per heavy atom. The van der Waals surface area contributed by atoms with Gasteiger partial charge in [-0.2, -0.15) is 0 Å². The van der Waals surface area contributed by atoms with Crippen LogP contribution in [0.5, 0.6) is 5.75 Å². The van der Waals surface area contributed by atoms with Gasteiger partial charge in [-0.1, -0.05) is 29.8 Å². The van der Waals surface area contributed by atoms with E-state index in [-0.39, 0.29) is 12.1 Å². The summed E-state index contributed by atoms with van der Waals surface area (Å²) >= 11 is 12.3. The predicted molar refractivity (Wildman–Crippen MR) is 146 cm³/mol. The number of methoxy groups -OCH3 is 1. The van der Waals surface area contributed by atoms with E-state index < -0.39 is 0 Å². The first-order chi connectivity index (χ1) is 16.9. The molecule has 1 N–H and O–H groups in total. The van der Waals surface area contributed by atoms with Gasteiger partial charge in [-0.05, 0) is 92.6 Å². The Bertz CT molecular complexity index is 1400. The fourth-order valence-corrected chi connectivity index (χ4v) is 5.53. The Morgan fingerprint density at radius 3 is 2.54 bits per heavy atom. The van der Waals surface area contributed by atoms with Crippen LogP contribution in [0.3, 0.4) is 0 Å². The van der Waals surface area contributed by atoms with Crippen LogP contribution in [-0.4, -0.2) is 21.8 Å². The Labute approximate surface area is 216 Å². The Hall–Kier alpha value is -3.35. The van der Waals surface area contributed by atoms with Crippen LogP contribution < -0.4 is 15.0 Å². The second-order valence-corrected chi connectivity index (χ2v) is 9.64. The Morgan fingerprint density at radius 1 is 1.00 bits per heavy atom. The highest BCUT2D eigenvalue weighted by atomic mass is 35.5. The average Bonchev–Trinajstić information content (AvgIpc) is 3.34. The quantitative estimate of drug-likeness (QED) is 0.310. The van der Waals surface area contributed by atoms with Crippen molar-refractivity contribution >= 4 is 34.6 Å². The van der Waals surface area contributed by atoms with Crippen LogP contribution in [0.1, 0.15) is 40.3 Å². The maximum absolute atomic E-state index is 6.39. The van der Waals surface area contributed by atoms with Crippen molar-refractivity contribution in [3.05, 3.63) is 106 Å². The Kier molecular flexibility index (Phi) is 6.26. The second kappa shape index (κ2) is 9.36. The van der Waals surface area contributed by atoms with Crippen molar-refractivity contribution in [3.8, 4) is 11.4 Å². The number of hydrogen-bond acceptors (Lipinski definition) is 3. The van der Waals surface area contributed by atoms with Crippen LogP contribution >= 0.6 is 23.8 Å². The van der Waals surface area contributed by atoms with E-state index in [2.05, 4.69) is 70.9 Å². The summed E-state index contributed by atoms with van der Waals surface area (Å²) in [6.07, 6.45) is 1.83. The molecule has 0 amide bonds. The number of nitrogens with zero attached hydrogens (tertiary/aromatic N) is 3. The summed E-state index contributed by atoms with van der Waals surface area (Å²) in [4.78, 5) is 6.89. The van der Waals surface area contributed by atoms with Crippen LogP contribution in [-0.2, 0) is 0 Å². The summed E-state index contributed by atoms with van der Waals surface area (Å²) in [6.45, 7) is 6.33. The molecule has 0 saturated carbocycles. The van der Waals surface area contributed by atoms with Crippen molar-refractivity contribution < 1.29 is 4.74 Å². The lowest BCUT2D eigenvalue weighted by Crippen LogP contribution is -2.29. The molecular formula is C28H27ClN4OS. The molecule has 7 heteroatoms. The Balaban J connectivity index is 1.71. The van der Waals surface area contributed by atoms with E-state index in [0.29, 0.717) is 10.1 Å². The molecule has 5 rings (SSSR count). The number of halogens is 1. The molecule has 0 spiro atoms. The number of pyridine rings is 1. The van der Waals surface area contributed by atoms with Gasteiger partial charge < -0.3 is 19.5 Å². The van der Waals surface area contributed by atoms with Crippen LogP contribution in [0.15, 0.2) is 72.9 Å². The standard InChI is InChI=1S/C28H27ClN4OS/c1-17-8-7-9-21(14-17)33-27(26(31-28(33)35)23-10-5-6-13-30-23)22-15-18(2)32(19(22)3)24-16-20(29)11-12-25(24)34-4/h5-16,26-27H,1-4H3,(H,31,35)/t26-,27+/m0/s1. The van der Waals surface area contributed by atoms with Gasteiger partial charge in [0.2, 0.25) is 0 Å². The fraction of sp³-hybridized carbons (Fsp3) is 0.214. The number of hydrogen-bond donors (Lipinski definition) is 1. The van der Waals surface area contributed by atoms with E-state index in [1.54, 1.807) is 7.11 Å². The van der Waals surface area contributed by atoms with Gasteiger partial charge in [0.15, 0.2) is 5.11 Å². The average molecular weight is 503 g/mol. The molecule has 178 valence electrons. The molecular weight excluding hydrogens is 476 g/mol. The fourth-order valence-electron chi connectivity index (χ4n) is 5.02. The third kappa shape index (κ3) is 4.17. The molecule has 5 nitrogen and oxygen atoms in total. The molecule has 0 radical (unpaired) electrons. The van der Waals surface area contributed by atoms with Crippen LogP contribution in [0, 0.1) is 20.8 Å². The van der Waals surface area contributed by atoms with Crippen molar-refractivity contribution in [2.75, 3.05) is 12.0 Å². The third-order valence-electron chi connectivity index (χ3n) is 6.55. The zero-order valence-corrected chi connectivity index (χ0v) is 21.7. The van der Waals surface area contributed by atoms with Gasteiger partial charge in [0.05, 0.1) is 30.6 Å². The number of ether oxygens (including phenoxy) is 1. The topological polar surface area (TPSA) is 42.3 Å². The molecule has 2 aromatic heterocycles. The number of anilines is 1. The first-order valence-electron chi connectivity index (χ1n) is 11.5. The van der Waals surface area contributed by atoms with Gasteiger partial charge in [-0.15, -0.1) is 0 Å². The molecule has 3 heterocycles. The maximum Gasteiger partial charge on any atom is 0.174 e. The third-order valence-corrected chi connectivity index (χ3v) is 7.10. The largest absolute Gasteiger partial charge is 0.495 e. The SMILES string of the molecule is COc1ccc(Cl)cc1-n1c(C)cc([C@@H]2[C@H](c3ccccn3)NC(=S)N2c2cccc(C)c2)c1C. The molecule has 0 bridgehead atoms. The van der Waals surface area contributed by atoms with E-state index in [4.69, 9.17) is 28.6 Å². The summed E-state index contributed by atoms with van der Waals surface area (Å²) in [6, 6.07) is 22.1. The van der Waals surface area contributed by atoms with E-state index in [9.17, 15) is 0 Å². The second-order valence-electron chi connectivity index (χ2n) is 8.81. The summed E-state index contributed by atoms with van der Waals surface area (Å²) in [5.74, 6) is 0.764. The summed E-state index contributed by atoms with van der Waals surface area (Å²) in [5.41, 5.74) is 7.42. The van der Waals surface area contributed by atoms with Gasteiger partial charge in [0, 0.05) is 28.3 Å². The lowest BCUT2D eigenvalue weighted by atomic mass is 9.96. The van der Waals surface area contributed by atoms with Crippen molar-refractivity contribution in [2.24, 2.45) is 0 Å². The van der Waals surface area contributed by atoms with Gasteiger partial charge in [-0.3, -0.25) is 4.98 Å². The zero-order chi connectivity index (χ0) is 24.7. The van der Waals surface area contributed by atoms with E-state index in [1.165, 1.54) is 5.56 Å². The predicted octanol–water partition coefficient (Wildman–Crippen LogP) is 6.64. The molecule has 35 heavy (non-hydrogen) atoms. The first kappa shape index (κ1) is 23.4.